The molecule has 2 nitrogen and oxygen atoms in total. The average Bonchev–Trinajstić information content (AvgIpc) is 2.84. The number of fused-ring (bicyclic) bond motifs is 3. The molecule has 2 unspecified atom stereocenters. The quantitative estimate of drug-likeness (QED) is 0.783. The second-order valence-electron chi connectivity index (χ2n) is 5.70. The normalized spacial score (nSPS) is 15.3. The fourth-order valence-corrected chi connectivity index (χ4v) is 3.38. The Morgan fingerprint density at radius 3 is 2.71 bits per heavy atom. The van der Waals surface area contributed by atoms with Crippen LogP contribution in [0.2, 0.25) is 0 Å². The molecule has 1 aliphatic rings. The number of benzene rings is 2. The van der Waals surface area contributed by atoms with Crippen LogP contribution in [-0.4, -0.2) is 22.8 Å². The summed E-state index contributed by atoms with van der Waals surface area (Å²) in [5.74, 6) is 0.709. The van der Waals surface area contributed by atoms with Gasteiger partial charge in [0.25, 0.3) is 0 Å². The van der Waals surface area contributed by atoms with Crippen LogP contribution in [0.5, 0.6) is 0 Å². The molecular weight excluding hydrogens is 278 g/mol. The van der Waals surface area contributed by atoms with E-state index >= 15 is 0 Å². The molecule has 0 radical (unpaired) electrons. The van der Waals surface area contributed by atoms with Crippen LogP contribution >= 0.6 is 0 Å². The lowest BCUT2D eigenvalue weighted by atomic mass is 10.0. The third kappa shape index (κ3) is 3.09. The van der Waals surface area contributed by atoms with Crippen LogP contribution < -0.4 is 5.32 Å². The van der Waals surface area contributed by atoms with Gasteiger partial charge in [0.15, 0.2) is 0 Å². The minimum Gasteiger partial charge on any atom is -0.309 e. The maximum absolute atomic E-state index is 11.1. The van der Waals surface area contributed by atoms with Crippen molar-refractivity contribution in [2.75, 3.05) is 18.6 Å². The predicted molar refractivity (Wildman–Crippen MR) is 90.0 cm³/mol. The lowest BCUT2D eigenvalue weighted by Crippen LogP contribution is -2.23. The van der Waals surface area contributed by atoms with Crippen LogP contribution in [0.4, 0.5) is 0 Å². The fraction of sp³-hybridized carbons (Fsp3) is 0.333. The zero-order chi connectivity index (χ0) is 14.8. The first kappa shape index (κ1) is 14.5. The van der Waals surface area contributed by atoms with Gasteiger partial charge in [-0.1, -0.05) is 42.5 Å². The van der Waals surface area contributed by atoms with Crippen LogP contribution in [0.25, 0.3) is 11.1 Å². The largest absolute Gasteiger partial charge is 0.309 e. The number of hydrogen-bond donors (Lipinski definition) is 1. The average molecular weight is 299 g/mol. The van der Waals surface area contributed by atoms with E-state index in [-0.39, 0.29) is 0 Å². The maximum Gasteiger partial charge on any atom is 0.0357 e. The molecule has 0 fully saturated rings. The lowest BCUT2D eigenvalue weighted by Gasteiger charge is -2.15. The van der Waals surface area contributed by atoms with Crippen LogP contribution in [0.1, 0.15) is 29.7 Å². The molecule has 0 aliphatic heterocycles. The highest BCUT2D eigenvalue weighted by Crippen LogP contribution is 2.37. The first-order chi connectivity index (χ1) is 10.1. The lowest BCUT2D eigenvalue weighted by molar-refractivity contribution is 0.597. The third-order valence-electron chi connectivity index (χ3n) is 4.16. The Balaban J connectivity index is 1.76. The van der Waals surface area contributed by atoms with Crippen molar-refractivity contribution in [2.45, 2.75) is 19.4 Å². The Morgan fingerprint density at radius 1 is 1.14 bits per heavy atom. The number of rotatable bonds is 5. The van der Waals surface area contributed by atoms with Crippen molar-refractivity contribution >= 4 is 10.8 Å². The molecular formula is C18H21NOS. The predicted octanol–water partition coefficient (Wildman–Crippen LogP) is 3.29. The molecule has 3 rings (SSSR count). The molecule has 0 amide bonds. The van der Waals surface area contributed by atoms with Crippen molar-refractivity contribution in [3.05, 3.63) is 59.2 Å². The van der Waals surface area contributed by atoms with E-state index in [4.69, 9.17) is 0 Å². The molecule has 1 N–H and O–H groups in total. The minimum atomic E-state index is -0.728. The molecule has 3 heteroatoms. The molecule has 0 heterocycles. The zero-order valence-electron chi connectivity index (χ0n) is 12.6. The second kappa shape index (κ2) is 6.12. The van der Waals surface area contributed by atoms with Gasteiger partial charge < -0.3 is 5.32 Å². The summed E-state index contributed by atoms with van der Waals surface area (Å²) in [7, 11) is -0.728. The molecule has 21 heavy (non-hydrogen) atoms. The van der Waals surface area contributed by atoms with E-state index in [1.165, 1.54) is 27.8 Å². The Kier molecular flexibility index (Phi) is 4.22. The molecule has 0 saturated heterocycles. The van der Waals surface area contributed by atoms with Gasteiger partial charge in [0.1, 0.15) is 0 Å². The minimum absolute atomic E-state index is 0.294. The second-order valence-corrected chi connectivity index (χ2v) is 7.26. The Bertz CT molecular complexity index is 681. The van der Waals surface area contributed by atoms with Crippen molar-refractivity contribution in [3.8, 4) is 11.1 Å². The maximum atomic E-state index is 11.1. The number of nitrogens with one attached hydrogen (secondary N) is 1. The molecule has 2 aromatic carbocycles. The summed E-state index contributed by atoms with van der Waals surface area (Å²) >= 11 is 0. The van der Waals surface area contributed by atoms with E-state index in [1.807, 2.05) is 0 Å². The molecule has 0 saturated carbocycles. The van der Waals surface area contributed by atoms with Crippen molar-refractivity contribution < 1.29 is 4.21 Å². The van der Waals surface area contributed by atoms with E-state index in [0.717, 1.165) is 13.0 Å². The van der Waals surface area contributed by atoms with E-state index in [9.17, 15) is 4.21 Å². The van der Waals surface area contributed by atoms with Gasteiger partial charge in [-0.3, -0.25) is 4.21 Å². The molecule has 0 bridgehead atoms. The fourth-order valence-electron chi connectivity index (χ4n) is 2.97. The van der Waals surface area contributed by atoms with E-state index in [0.29, 0.717) is 11.8 Å². The molecule has 0 aromatic heterocycles. The highest BCUT2D eigenvalue weighted by molar-refractivity contribution is 7.84. The summed E-state index contributed by atoms with van der Waals surface area (Å²) in [5, 5.41) is 3.45. The van der Waals surface area contributed by atoms with Gasteiger partial charge >= 0.3 is 0 Å². The molecule has 110 valence electrons. The Hall–Kier alpha value is -1.45. The standard InChI is InChI=1S/C18H21NOS/c1-13(19-9-10-21(2)20)14-7-8-18-16(11-14)12-15-5-3-4-6-17(15)18/h3-8,11,13,19H,9-10,12H2,1-2H3. The van der Waals surface area contributed by atoms with Crippen LogP contribution in [-0.2, 0) is 17.2 Å². The summed E-state index contributed by atoms with van der Waals surface area (Å²) in [6.45, 7) is 2.96. The van der Waals surface area contributed by atoms with Crippen molar-refractivity contribution in [1.82, 2.24) is 5.32 Å². The SMILES string of the molecule is CC(NCCS(C)=O)c1ccc2c(c1)Cc1ccccc1-2. The summed E-state index contributed by atoms with van der Waals surface area (Å²) in [4.78, 5) is 0. The van der Waals surface area contributed by atoms with Crippen LogP contribution in [0.15, 0.2) is 42.5 Å². The molecule has 1 aliphatic carbocycles. The van der Waals surface area contributed by atoms with Crippen LogP contribution in [0.3, 0.4) is 0 Å². The van der Waals surface area contributed by atoms with Gasteiger partial charge in [0, 0.05) is 35.4 Å². The first-order valence-corrected chi connectivity index (χ1v) is 9.12. The number of hydrogen-bond acceptors (Lipinski definition) is 2. The van der Waals surface area contributed by atoms with Gasteiger partial charge in [0.05, 0.1) is 0 Å². The van der Waals surface area contributed by atoms with E-state index < -0.39 is 10.8 Å². The van der Waals surface area contributed by atoms with Gasteiger partial charge in [-0.25, -0.2) is 0 Å². The van der Waals surface area contributed by atoms with E-state index in [1.54, 1.807) is 6.26 Å². The van der Waals surface area contributed by atoms with E-state index in [2.05, 4.69) is 54.7 Å². The Morgan fingerprint density at radius 2 is 1.90 bits per heavy atom. The summed E-state index contributed by atoms with van der Waals surface area (Å²) < 4.78 is 11.1. The van der Waals surface area contributed by atoms with Crippen molar-refractivity contribution in [2.24, 2.45) is 0 Å². The monoisotopic (exact) mass is 299 g/mol. The van der Waals surface area contributed by atoms with Gasteiger partial charge in [0.2, 0.25) is 0 Å². The summed E-state index contributed by atoms with van der Waals surface area (Å²) in [6, 6.07) is 15.7. The smallest absolute Gasteiger partial charge is 0.0357 e. The van der Waals surface area contributed by atoms with Gasteiger partial charge in [-0.2, -0.15) is 0 Å². The highest BCUT2D eigenvalue weighted by atomic mass is 32.2. The van der Waals surface area contributed by atoms with Gasteiger partial charge in [-0.15, -0.1) is 0 Å². The summed E-state index contributed by atoms with van der Waals surface area (Å²) in [5.41, 5.74) is 6.90. The zero-order valence-corrected chi connectivity index (χ0v) is 13.4. The third-order valence-corrected chi connectivity index (χ3v) is 4.94. The van der Waals surface area contributed by atoms with Gasteiger partial charge in [-0.05, 0) is 41.2 Å². The van der Waals surface area contributed by atoms with Crippen molar-refractivity contribution in [3.63, 3.8) is 0 Å². The topological polar surface area (TPSA) is 29.1 Å². The molecule has 2 atom stereocenters. The molecule has 0 spiro atoms. The highest BCUT2D eigenvalue weighted by Gasteiger charge is 2.18. The first-order valence-electron chi connectivity index (χ1n) is 7.39. The Labute approximate surface area is 129 Å². The molecule has 2 aromatic rings. The van der Waals surface area contributed by atoms with Crippen LogP contribution in [0, 0.1) is 0 Å². The summed E-state index contributed by atoms with van der Waals surface area (Å²) in [6.07, 6.45) is 2.78. The van der Waals surface area contributed by atoms with Crippen molar-refractivity contribution in [1.29, 1.82) is 0 Å².